The molecule has 0 unspecified atom stereocenters. The number of aliphatic hydroxyl groups is 1. The Bertz CT molecular complexity index is 693. The molecule has 1 aromatic carbocycles. The van der Waals surface area contributed by atoms with Crippen molar-refractivity contribution in [2.24, 2.45) is 0 Å². The number of hydrogen-bond acceptors (Lipinski definition) is 4. The zero-order valence-electron chi connectivity index (χ0n) is 15.1. The van der Waals surface area contributed by atoms with Crippen molar-refractivity contribution in [3.63, 3.8) is 0 Å². The summed E-state index contributed by atoms with van der Waals surface area (Å²) < 4.78 is 5.91. The molecule has 0 aliphatic heterocycles. The van der Waals surface area contributed by atoms with Gasteiger partial charge in [-0.25, -0.2) is 0 Å². The van der Waals surface area contributed by atoms with Crippen molar-refractivity contribution in [3.05, 3.63) is 60.4 Å². The third-order valence-corrected chi connectivity index (χ3v) is 5.05. The molecule has 5 heteroatoms. The molecule has 0 radical (unpaired) electrons. The van der Waals surface area contributed by atoms with E-state index in [1.54, 1.807) is 30.4 Å². The number of carbonyl (C=O) groups excluding carboxylic acids is 1. The van der Waals surface area contributed by atoms with Crippen LogP contribution in [0.4, 0.5) is 0 Å². The van der Waals surface area contributed by atoms with Crippen LogP contribution in [0.5, 0.6) is 5.75 Å². The van der Waals surface area contributed by atoms with Crippen molar-refractivity contribution in [1.29, 1.82) is 0 Å². The fourth-order valence-electron chi connectivity index (χ4n) is 3.52. The lowest BCUT2D eigenvalue weighted by molar-refractivity contribution is -0.138. The minimum Gasteiger partial charge on any atom is -0.486 e. The third-order valence-electron chi connectivity index (χ3n) is 5.05. The van der Waals surface area contributed by atoms with E-state index in [0.717, 1.165) is 24.8 Å². The summed E-state index contributed by atoms with van der Waals surface area (Å²) >= 11 is 0. The molecule has 2 aromatic rings. The summed E-state index contributed by atoms with van der Waals surface area (Å²) in [5, 5.41) is 10.8. The van der Waals surface area contributed by atoms with Gasteiger partial charge in [-0.2, -0.15) is 0 Å². The van der Waals surface area contributed by atoms with E-state index in [4.69, 9.17) is 4.74 Å². The minimum absolute atomic E-state index is 0.0555. The van der Waals surface area contributed by atoms with Crippen molar-refractivity contribution >= 4 is 5.91 Å². The molecule has 3 rings (SSSR count). The molecule has 3 atom stereocenters. The molecule has 1 saturated carbocycles. The standard InChI is InChI=1S/C21H26N2O3/c1-23(20(24)13-12-16-7-3-2-4-8-16)18-10-5-11-19(21(18)25)26-17-9-6-14-22-15-17/h2-4,6-9,14-15,18-19,21,25H,5,10-13H2,1H3/t18-,19-,21-/m1/s1. The number of carbonyl (C=O) groups is 1. The van der Waals surface area contributed by atoms with E-state index in [0.29, 0.717) is 18.6 Å². The molecule has 1 heterocycles. The number of likely N-dealkylation sites (N-methyl/N-ethyl adjacent to an activating group) is 1. The Morgan fingerprint density at radius 3 is 2.77 bits per heavy atom. The van der Waals surface area contributed by atoms with Gasteiger partial charge in [-0.15, -0.1) is 0 Å². The lowest BCUT2D eigenvalue weighted by atomic mass is 9.88. The molecule has 1 aliphatic rings. The molecule has 5 nitrogen and oxygen atoms in total. The van der Waals surface area contributed by atoms with E-state index in [1.807, 2.05) is 36.4 Å². The minimum atomic E-state index is -0.699. The lowest BCUT2D eigenvalue weighted by Gasteiger charge is -2.39. The maximum absolute atomic E-state index is 12.6. The smallest absolute Gasteiger partial charge is 0.222 e. The Balaban J connectivity index is 1.57. The van der Waals surface area contributed by atoms with Crippen LogP contribution in [0, 0.1) is 0 Å². The Morgan fingerprint density at radius 2 is 2.04 bits per heavy atom. The van der Waals surface area contributed by atoms with Crippen LogP contribution in [-0.4, -0.2) is 46.2 Å². The van der Waals surface area contributed by atoms with Crippen molar-refractivity contribution < 1.29 is 14.6 Å². The average Bonchev–Trinajstić information content (AvgIpc) is 2.69. The topological polar surface area (TPSA) is 62.7 Å². The van der Waals surface area contributed by atoms with E-state index >= 15 is 0 Å². The SMILES string of the molecule is CN(C(=O)CCc1ccccc1)[C@@H]1CCC[C@@H](Oc2cccnc2)[C@@H]1O. The molecule has 1 N–H and O–H groups in total. The fraction of sp³-hybridized carbons (Fsp3) is 0.429. The van der Waals surface area contributed by atoms with Gasteiger partial charge >= 0.3 is 0 Å². The summed E-state index contributed by atoms with van der Waals surface area (Å²) in [4.78, 5) is 18.3. The Hall–Kier alpha value is -2.40. The Labute approximate surface area is 154 Å². The number of benzene rings is 1. The number of aliphatic hydroxyl groups excluding tert-OH is 1. The molecule has 138 valence electrons. The average molecular weight is 354 g/mol. The Morgan fingerprint density at radius 1 is 1.23 bits per heavy atom. The van der Waals surface area contributed by atoms with Crippen molar-refractivity contribution in [2.75, 3.05) is 7.05 Å². The van der Waals surface area contributed by atoms with Crippen LogP contribution in [0.1, 0.15) is 31.2 Å². The number of rotatable bonds is 6. The highest BCUT2D eigenvalue weighted by atomic mass is 16.5. The van der Waals surface area contributed by atoms with Gasteiger partial charge in [0.15, 0.2) is 0 Å². The van der Waals surface area contributed by atoms with Gasteiger partial charge in [0.25, 0.3) is 0 Å². The van der Waals surface area contributed by atoms with Crippen molar-refractivity contribution in [1.82, 2.24) is 9.88 Å². The van der Waals surface area contributed by atoms with Crippen LogP contribution < -0.4 is 4.74 Å². The summed E-state index contributed by atoms with van der Waals surface area (Å²) in [5.41, 5.74) is 1.15. The zero-order chi connectivity index (χ0) is 18.4. The van der Waals surface area contributed by atoms with Gasteiger partial charge in [-0.1, -0.05) is 30.3 Å². The highest BCUT2D eigenvalue weighted by Gasteiger charge is 2.37. The van der Waals surface area contributed by atoms with Crippen molar-refractivity contribution in [2.45, 2.75) is 50.4 Å². The molecule has 1 aliphatic carbocycles. The van der Waals surface area contributed by atoms with E-state index in [-0.39, 0.29) is 18.1 Å². The zero-order valence-corrected chi connectivity index (χ0v) is 15.1. The second kappa shape index (κ2) is 8.81. The van der Waals surface area contributed by atoms with E-state index in [1.165, 1.54) is 0 Å². The van der Waals surface area contributed by atoms with Gasteiger partial charge < -0.3 is 14.7 Å². The van der Waals surface area contributed by atoms with Crippen LogP contribution >= 0.6 is 0 Å². The van der Waals surface area contributed by atoms with Crippen LogP contribution in [0.25, 0.3) is 0 Å². The van der Waals surface area contributed by atoms with Gasteiger partial charge in [0.05, 0.1) is 12.2 Å². The van der Waals surface area contributed by atoms with Gasteiger partial charge in [-0.3, -0.25) is 9.78 Å². The van der Waals surface area contributed by atoms with Gasteiger partial charge in [0, 0.05) is 19.7 Å². The number of aryl methyl sites for hydroxylation is 1. The number of amides is 1. The van der Waals surface area contributed by atoms with E-state index < -0.39 is 6.10 Å². The second-order valence-corrected chi connectivity index (χ2v) is 6.82. The first-order chi connectivity index (χ1) is 12.6. The number of ether oxygens (including phenoxy) is 1. The monoisotopic (exact) mass is 354 g/mol. The predicted octanol–water partition coefficient (Wildman–Crippen LogP) is 2.83. The highest BCUT2D eigenvalue weighted by molar-refractivity contribution is 5.76. The maximum atomic E-state index is 12.6. The first-order valence-electron chi connectivity index (χ1n) is 9.19. The summed E-state index contributed by atoms with van der Waals surface area (Å²) in [6.07, 6.45) is 5.96. The highest BCUT2D eigenvalue weighted by Crippen LogP contribution is 2.27. The van der Waals surface area contributed by atoms with Gasteiger partial charge in [-0.05, 0) is 43.4 Å². The number of nitrogens with zero attached hydrogens (tertiary/aromatic N) is 2. The lowest BCUT2D eigenvalue weighted by Crippen LogP contribution is -2.53. The second-order valence-electron chi connectivity index (χ2n) is 6.82. The number of pyridine rings is 1. The van der Waals surface area contributed by atoms with Crippen LogP contribution in [0.15, 0.2) is 54.9 Å². The van der Waals surface area contributed by atoms with Crippen LogP contribution in [0.2, 0.25) is 0 Å². The summed E-state index contributed by atoms with van der Waals surface area (Å²) in [7, 11) is 1.79. The number of hydrogen-bond donors (Lipinski definition) is 1. The predicted molar refractivity (Wildman–Crippen MR) is 99.8 cm³/mol. The van der Waals surface area contributed by atoms with E-state index in [9.17, 15) is 9.90 Å². The van der Waals surface area contributed by atoms with Crippen LogP contribution in [0.3, 0.4) is 0 Å². The molecule has 1 fully saturated rings. The third kappa shape index (κ3) is 4.61. The summed E-state index contributed by atoms with van der Waals surface area (Å²) in [6, 6.07) is 13.4. The summed E-state index contributed by atoms with van der Waals surface area (Å²) in [6.45, 7) is 0. The molecule has 1 amide bonds. The van der Waals surface area contributed by atoms with Crippen LogP contribution in [-0.2, 0) is 11.2 Å². The Kier molecular flexibility index (Phi) is 6.23. The molecule has 0 saturated heterocycles. The molecular formula is C21H26N2O3. The molecule has 26 heavy (non-hydrogen) atoms. The molecule has 0 bridgehead atoms. The fourth-order valence-corrected chi connectivity index (χ4v) is 3.52. The first-order valence-corrected chi connectivity index (χ1v) is 9.19. The largest absolute Gasteiger partial charge is 0.486 e. The first kappa shape index (κ1) is 18.4. The summed E-state index contributed by atoms with van der Waals surface area (Å²) in [5.74, 6) is 0.704. The van der Waals surface area contributed by atoms with E-state index in [2.05, 4.69) is 4.98 Å². The van der Waals surface area contributed by atoms with Gasteiger partial charge in [0.1, 0.15) is 18.0 Å². The molecule has 1 aromatic heterocycles. The van der Waals surface area contributed by atoms with Gasteiger partial charge in [0.2, 0.25) is 5.91 Å². The van der Waals surface area contributed by atoms with Crippen molar-refractivity contribution in [3.8, 4) is 5.75 Å². The number of aromatic nitrogens is 1. The normalized spacial score (nSPS) is 22.6. The molecule has 0 spiro atoms. The quantitative estimate of drug-likeness (QED) is 0.866. The molecular weight excluding hydrogens is 328 g/mol. The maximum Gasteiger partial charge on any atom is 0.222 e.